The minimum absolute atomic E-state index is 0.313. The third kappa shape index (κ3) is 5.31. The molecule has 7 heteroatoms. The molecule has 0 radical (unpaired) electrons. The molecule has 6 nitrogen and oxygen atoms in total. The molecule has 0 bridgehead atoms. The van der Waals surface area contributed by atoms with Gasteiger partial charge in [0.05, 0.1) is 6.33 Å². The summed E-state index contributed by atoms with van der Waals surface area (Å²) in [4.78, 5) is 19.4. The van der Waals surface area contributed by atoms with Crippen molar-refractivity contribution in [3.05, 3.63) is 59.1 Å². The summed E-state index contributed by atoms with van der Waals surface area (Å²) in [7, 11) is 0. The minimum atomic E-state index is -1.06. The standard InChI is InChI=1S/C16H18BrN3O3/c17-14-5-1-3-12(9-14)13(10-20-8-7-19-11-20)4-2-6-15(23-18)16(21)22/h1,3-5,7-9,11,15H,2,6,10,18H2,(H,21,22)/b13-4+. The third-order valence-electron chi connectivity index (χ3n) is 3.37. The Hall–Kier alpha value is -1.96. The summed E-state index contributed by atoms with van der Waals surface area (Å²) in [6, 6.07) is 7.96. The number of nitrogens with zero attached hydrogens (tertiary/aromatic N) is 2. The van der Waals surface area contributed by atoms with E-state index in [9.17, 15) is 4.79 Å². The molecule has 0 fully saturated rings. The second-order valence-electron chi connectivity index (χ2n) is 5.02. The van der Waals surface area contributed by atoms with Crippen LogP contribution in [-0.2, 0) is 16.2 Å². The van der Waals surface area contributed by atoms with Crippen molar-refractivity contribution in [3.8, 4) is 0 Å². The van der Waals surface area contributed by atoms with E-state index in [-0.39, 0.29) is 0 Å². The van der Waals surface area contributed by atoms with E-state index < -0.39 is 12.1 Å². The summed E-state index contributed by atoms with van der Waals surface area (Å²) >= 11 is 3.47. The van der Waals surface area contributed by atoms with E-state index in [1.165, 1.54) is 0 Å². The quantitative estimate of drug-likeness (QED) is 0.688. The molecule has 1 unspecified atom stereocenters. The average molecular weight is 380 g/mol. The Morgan fingerprint density at radius 2 is 2.35 bits per heavy atom. The van der Waals surface area contributed by atoms with Gasteiger partial charge < -0.3 is 9.67 Å². The Morgan fingerprint density at radius 3 is 2.96 bits per heavy atom. The van der Waals surface area contributed by atoms with E-state index in [1.54, 1.807) is 12.5 Å². The maximum absolute atomic E-state index is 10.9. The van der Waals surface area contributed by atoms with Crippen LogP contribution in [-0.4, -0.2) is 26.7 Å². The lowest BCUT2D eigenvalue weighted by molar-refractivity contribution is -0.151. The summed E-state index contributed by atoms with van der Waals surface area (Å²) in [6.07, 6.45) is 7.22. The van der Waals surface area contributed by atoms with Gasteiger partial charge in [-0.2, -0.15) is 0 Å². The van der Waals surface area contributed by atoms with Crippen molar-refractivity contribution >= 4 is 27.5 Å². The Morgan fingerprint density at radius 1 is 1.52 bits per heavy atom. The normalized spacial score (nSPS) is 13.0. The molecule has 1 aromatic heterocycles. The SMILES string of the molecule is NOC(CC/C=C(\Cn1ccnc1)c1cccc(Br)c1)C(=O)O. The lowest BCUT2D eigenvalue weighted by atomic mass is 10.0. The first-order valence-electron chi connectivity index (χ1n) is 7.09. The van der Waals surface area contributed by atoms with Crippen molar-refractivity contribution in [2.24, 2.45) is 5.90 Å². The third-order valence-corrected chi connectivity index (χ3v) is 3.86. The van der Waals surface area contributed by atoms with E-state index in [4.69, 9.17) is 11.0 Å². The fraction of sp³-hybridized carbons (Fsp3) is 0.250. The van der Waals surface area contributed by atoms with Gasteiger partial charge in [-0.15, -0.1) is 0 Å². The lowest BCUT2D eigenvalue weighted by Crippen LogP contribution is -2.26. The van der Waals surface area contributed by atoms with E-state index in [0.717, 1.165) is 15.6 Å². The second-order valence-corrected chi connectivity index (χ2v) is 5.93. The van der Waals surface area contributed by atoms with Crippen molar-refractivity contribution in [1.82, 2.24) is 9.55 Å². The molecule has 0 aliphatic rings. The molecule has 0 amide bonds. The van der Waals surface area contributed by atoms with Gasteiger partial charge in [-0.25, -0.2) is 15.7 Å². The van der Waals surface area contributed by atoms with Crippen molar-refractivity contribution < 1.29 is 14.7 Å². The smallest absolute Gasteiger partial charge is 0.334 e. The van der Waals surface area contributed by atoms with E-state index >= 15 is 0 Å². The fourth-order valence-corrected chi connectivity index (χ4v) is 2.60. The largest absolute Gasteiger partial charge is 0.479 e. The maximum atomic E-state index is 10.9. The zero-order chi connectivity index (χ0) is 16.7. The van der Waals surface area contributed by atoms with Crippen LogP contribution < -0.4 is 5.90 Å². The number of imidazole rings is 1. The number of nitrogens with two attached hydrogens (primary N) is 1. The van der Waals surface area contributed by atoms with Gasteiger partial charge in [0, 0.05) is 23.4 Å². The number of halogens is 1. The molecule has 2 aromatic rings. The van der Waals surface area contributed by atoms with Crippen molar-refractivity contribution in [1.29, 1.82) is 0 Å². The Kier molecular flexibility index (Phi) is 6.52. The van der Waals surface area contributed by atoms with Crippen LogP contribution in [0.3, 0.4) is 0 Å². The number of carboxylic acids is 1. The van der Waals surface area contributed by atoms with Crippen LogP contribution in [0.2, 0.25) is 0 Å². The number of carboxylic acid groups (broad SMARTS) is 1. The summed E-state index contributed by atoms with van der Waals surface area (Å²) in [6.45, 7) is 0.650. The zero-order valence-corrected chi connectivity index (χ0v) is 14.0. The first kappa shape index (κ1) is 17.4. The fourth-order valence-electron chi connectivity index (χ4n) is 2.20. The zero-order valence-electron chi connectivity index (χ0n) is 12.4. The molecule has 1 atom stereocenters. The number of carbonyl (C=O) groups is 1. The van der Waals surface area contributed by atoms with Crippen LogP contribution >= 0.6 is 15.9 Å². The number of rotatable bonds is 8. The van der Waals surface area contributed by atoms with Gasteiger partial charge in [0.1, 0.15) is 0 Å². The molecule has 0 saturated heterocycles. The molecule has 122 valence electrons. The highest BCUT2D eigenvalue weighted by Crippen LogP contribution is 2.22. The van der Waals surface area contributed by atoms with Gasteiger partial charge in [0.15, 0.2) is 6.10 Å². The van der Waals surface area contributed by atoms with E-state index in [1.807, 2.05) is 41.1 Å². The van der Waals surface area contributed by atoms with Gasteiger partial charge in [0.2, 0.25) is 0 Å². The van der Waals surface area contributed by atoms with Crippen LogP contribution in [0.4, 0.5) is 0 Å². The number of aromatic nitrogens is 2. The second kappa shape index (κ2) is 8.61. The molecule has 2 rings (SSSR count). The number of aliphatic carboxylic acids is 1. The maximum Gasteiger partial charge on any atom is 0.334 e. The highest BCUT2D eigenvalue weighted by molar-refractivity contribution is 9.10. The van der Waals surface area contributed by atoms with Crippen molar-refractivity contribution in [3.63, 3.8) is 0 Å². The molecule has 1 aromatic carbocycles. The van der Waals surface area contributed by atoms with Crippen LogP contribution in [0.1, 0.15) is 18.4 Å². The Balaban J connectivity index is 2.15. The van der Waals surface area contributed by atoms with Gasteiger partial charge in [-0.3, -0.25) is 4.84 Å². The van der Waals surface area contributed by atoms with E-state index in [0.29, 0.717) is 19.4 Å². The van der Waals surface area contributed by atoms with E-state index in [2.05, 4.69) is 25.8 Å². The van der Waals surface area contributed by atoms with Gasteiger partial charge in [-0.05, 0) is 36.1 Å². The molecular weight excluding hydrogens is 362 g/mol. The van der Waals surface area contributed by atoms with Crippen molar-refractivity contribution in [2.45, 2.75) is 25.5 Å². The summed E-state index contributed by atoms with van der Waals surface area (Å²) in [5, 5.41) is 8.96. The monoisotopic (exact) mass is 379 g/mol. The van der Waals surface area contributed by atoms with Gasteiger partial charge >= 0.3 is 5.97 Å². The molecule has 1 heterocycles. The first-order chi connectivity index (χ1) is 11.1. The minimum Gasteiger partial charge on any atom is -0.479 e. The number of hydrogen-bond acceptors (Lipinski definition) is 4. The lowest BCUT2D eigenvalue weighted by Gasteiger charge is -2.11. The number of allylic oxidation sites excluding steroid dienone is 2. The molecular formula is C16H18BrN3O3. The predicted molar refractivity (Wildman–Crippen MR) is 90.3 cm³/mol. The van der Waals surface area contributed by atoms with Crippen molar-refractivity contribution in [2.75, 3.05) is 0 Å². The summed E-state index contributed by atoms with van der Waals surface area (Å²) in [5.74, 6) is 3.96. The summed E-state index contributed by atoms with van der Waals surface area (Å²) < 4.78 is 2.95. The molecule has 0 aliphatic heterocycles. The molecule has 23 heavy (non-hydrogen) atoms. The molecule has 0 spiro atoms. The summed E-state index contributed by atoms with van der Waals surface area (Å²) in [5.41, 5.74) is 2.14. The van der Waals surface area contributed by atoms with Crippen LogP contribution in [0.5, 0.6) is 0 Å². The van der Waals surface area contributed by atoms with Crippen LogP contribution in [0, 0.1) is 0 Å². The molecule has 0 saturated carbocycles. The van der Waals surface area contributed by atoms with Gasteiger partial charge in [-0.1, -0.05) is 34.1 Å². The van der Waals surface area contributed by atoms with Crippen LogP contribution in [0.15, 0.2) is 53.5 Å². The average Bonchev–Trinajstić information content (AvgIpc) is 3.03. The highest BCUT2D eigenvalue weighted by Gasteiger charge is 2.16. The topological polar surface area (TPSA) is 90.4 Å². The Bertz CT molecular complexity index is 671. The number of benzene rings is 1. The Labute approximate surface area is 142 Å². The van der Waals surface area contributed by atoms with Gasteiger partial charge in [0.25, 0.3) is 0 Å². The first-order valence-corrected chi connectivity index (χ1v) is 7.88. The number of hydrogen-bond donors (Lipinski definition) is 2. The predicted octanol–water partition coefficient (Wildman–Crippen LogP) is 2.85. The molecule has 0 aliphatic carbocycles. The highest BCUT2D eigenvalue weighted by atomic mass is 79.9. The van der Waals surface area contributed by atoms with Crippen LogP contribution in [0.25, 0.3) is 5.57 Å². The molecule has 3 N–H and O–H groups in total.